The SMILES string of the molecule is CCc1csc(CNC(=O)c2c(C)cc(C)[nH]c2=O)n1. The van der Waals surface area contributed by atoms with Crippen molar-refractivity contribution in [2.24, 2.45) is 0 Å². The number of hydrogen-bond donors (Lipinski definition) is 2. The summed E-state index contributed by atoms with van der Waals surface area (Å²) in [7, 11) is 0. The van der Waals surface area contributed by atoms with Gasteiger partial charge >= 0.3 is 0 Å². The van der Waals surface area contributed by atoms with Gasteiger partial charge in [0.05, 0.1) is 12.2 Å². The predicted molar refractivity (Wildman–Crippen MR) is 79.2 cm³/mol. The zero-order valence-electron chi connectivity index (χ0n) is 11.7. The normalized spacial score (nSPS) is 10.6. The summed E-state index contributed by atoms with van der Waals surface area (Å²) in [6, 6.07) is 1.79. The van der Waals surface area contributed by atoms with Crippen molar-refractivity contribution in [3.05, 3.63) is 49.3 Å². The highest BCUT2D eigenvalue weighted by molar-refractivity contribution is 7.09. The number of thiazole rings is 1. The summed E-state index contributed by atoms with van der Waals surface area (Å²) in [4.78, 5) is 30.9. The van der Waals surface area contributed by atoms with Crippen LogP contribution in [-0.4, -0.2) is 15.9 Å². The van der Waals surface area contributed by atoms with Gasteiger partial charge in [0.2, 0.25) is 0 Å². The molecule has 2 rings (SSSR count). The minimum Gasteiger partial charge on any atom is -0.345 e. The highest BCUT2D eigenvalue weighted by Gasteiger charge is 2.14. The maximum atomic E-state index is 12.1. The molecule has 0 fully saturated rings. The fraction of sp³-hybridized carbons (Fsp3) is 0.357. The maximum absolute atomic E-state index is 12.1. The van der Waals surface area contributed by atoms with Crippen LogP contribution in [0.5, 0.6) is 0 Å². The molecule has 0 saturated carbocycles. The molecule has 0 aromatic carbocycles. The third kappa shape index (κ3) is 3.14. The van der Waals surface area contributed by atoms with E-state index in [0.717, 1.165) is 22.8 Å². The summed E-state index contributed by atoms with van der Waals surface area (Å²) in [5.74, 6) is -0.364. The lowest BCUT2D eigenvalue weighted by molar-refractivity contribution is 0.0948. The van der Waals surface area contributed by atoms with Crippen molar-refractivity contribution in [2.45, 2.75) is 33.7 Å². The first kappa shape index (κ1) is 14.5. The van der Waals surface area contributed by atoms with Crippen LogP contribution in [0.1, 0.15) is 39.2 Å². The summed E-state index contributed by atoms with van der Waals surface area (Å²) in [6.07, 6.45) is 0.876. The summed E-state index contributed by atoms with van der Waals surface area (Å²) in [5, 5.41) is 5.56. The lowest BCUT2D eigenvalue weighted by atomic mass is 10.1. The van der Waals surface area contributed by atoms with Gasteiger partial charge in [-0.2, -0.15) is 0 Å². The number of nitrogens with zero attached hydrogens (tertiary/aromatic N) is 1. The van der Waals surface area contributed by atoms with E-state index in [0.29, 0.717) is 12.1 Å². The predicted octanol–water partition coefficient (Wildman–Crippen LogP) is 1.94. The van der Waals surface area contributed by atoms with Gasteiger partial charge in [0.25, 0.3) is 11.5 Å². The molecule has 0 aliphatic rings. The zero-order chi connectivity index (χ0) is 14.7. The highest BCUT2D eigenvalue weighted by Crippen LogP contribution is 2.10. The van der Waals surface area contributed by atoms with Crippen LogP contribution in [-0.2, 0) is 13.0 Å². The summed E-state index contributed by atoms with van der Waals surface area (Å²) >= 11 is 1.51. The molecule has 0 radical (unpaired) electrons. The largest absolute Gasteiger partial charge is 0.345 e. The van der Waals surface area contributed by atoms with Crippen molar-refractivity contribution in [2.75, 3.05) is 0 Å². The molecule has 2 heterocycles. The van der Waals surface area contributed by atoms with Crippen LogP contribution in [0.3, 0.4) is 0 Å². The van der Waals surface area contributed by atoms with Crippen LogP contribution in [0, 0.1) is 13.8 Å². The Morgan fingerprint density at radius 3 is 2.80 bits per heavy atom. The zero-order valence-corrected chi connectivity index (χ0v) is 12.6. The van der Waals surface area contributed by atoms with Crippen LogP contribution in [0.15, 0.2) is 16.2 Å². The molecule has 0 bridgehead atoms. The number of aromatic nitrogens is 2. The van der Waals surface area contributed by atoms with Gasteiger partial charge < -0.3 is 10.3 Å². The number of H-pyrrole nitrogens is 1. The van der Waals surface area contributed by atoms with E-state index in [-0.39, 0.29) is 17.0 Å². The minimum atomic E-state index is -0.364. The minimum absolute atomic E-state index is 0.169. The number of aryl methyl sites for hydroxylation is 3. The van der Waals surface area contributed by atoms with Gasteiger partial charge in [0.15, 0.2) is 0 Å². The first-order valence-electron chi connectivity index (χ1n) is 6.43. The van der Waals surface area contributed by atoms with Crippen LogP contribution >= 0.6 is 11.3 Å². The Hall–Kier alpha value is -1.95. The van der Waals surface area contributed by atoms with Crippen LogP contribution in [0.2, 0.25) is 0 Å². The number of rotatable bonds is 4. The number of amides is 1. The fourth-order valence-electron chi connectivity index (χ4n) is 1.97. The Bertz CT molecular complexity index is 688. The average Bonchev–Trinajstić information content (AvgIpc) is 2.83. The molecule has 0 saturated heterocycles. The van der Waals surface area contributed by atoms with Crippen molar-refractivity contribution in [3.8, 4) is 0 Å². The molecule has 2 N–H and O–H groups in total. The van der Waals surface area contributed by atoms with Crippen LogP contribution in [0.25, 0.3) is 0 Å². The summed E-state index contributed by atoms with van der Waals surface area (Å²) < 4.78 is 0. The topological polar surface area (TPSA) is 74.8 Å². The van der Waals surface area contributed by atoms with Crippen molar-refractivity contribution in [1.29, 1.82) is 0 Å². The average molecular weight is 291 g/mol. The molecule has 0 aliphatic carbocycles. The van der Waals surface area contributed by atoms with Gasteiger partial charge in [-0.15, -0.1) is 11.3 Å². The second kappa shape index (κ2) is 6.00. The lowest BCUT2D eigenvalue weighted by Crippen LogP contribution is -2.30. The molecule has 0 unspecified atom stereocenters. The molecular weight excluding hydrogens is 274 g/mol. The van der Waals surface area contributed by atoms with E-state index in [9.17, 15) is 9.59 Å². The number of nitrogens with one attached hydrogen (secondary N) is 2. The highest BCUT2D eigenvalue weighted by atomic mass is 32.1. The molecule has 20 heavy (non-hydrogen) atoms. The number of pyridine rings is 1. The van der Waals surface area contributed by atoms with E-state index in [1.165, 1.54) is 11.3 Å². The van der Waals surface area contributed by atoms with E-state index >= 15 is 0 Å². The van der Waals surface area contributed by atoms with E-state index in [1.54, 1.807) is 19.9 Å². The van der Waals surface area contributed by atoms with Crippen molar-refractivity contribution < 1.29 is 4.79 Å². The second-order valence-electron chi connectivity index (χ2n) is 4.61. The van der Waals surface area contributed by atoms with Crippen LogP contribution < -0.4 is 10.9 Å². The number of carbonyl (C=O) groups is 1. The number of hydrogen-bond acceptors (Lipinski definition) is 4. The van der Waals surface area contributed by atoms with Gasteiger partial charge in [-0.3, -0.25) is 9.59 Å². The Morgan fingerprint density at radius 2 is 2.20 bits per heavy atom. The molecule has 2 aromatic rings. The molecule has 0 atom stereocenters. The monoisotopic (exact) mass is 291 g/mol. The quantitative estimate of drug-likeness (QED) is 0.904. The molecular formula is C14H17N3O2S. The number of carbonyl (C=O) groups excluding carboxylic acids is 1. The summed E-state index contributed by atoms with van der Waals surface area (Å²) in [6.45, 7) is 5.93. The van der Waals surface area contributed by atoms with Gasteiger partial charge in [-0.1, -0.05) is 6.92 Å². The molecule has 0 aliphatic heterocycles. The van der Waals surface area contributed by atoms with Gasteiger partial charge in [0.1, 0.15) is 10.6 Å². The lowest BCUT2D eigenvalue weighted by Gasteiger charge is -2.06. The molecule has 1 amide bonds. The fourth-order valence-corrected chi connectivity index (χ4v) is 2.79. The van der Waals surface area contributed by atoms with E-state index in [1.807, 2.05) is 12.3 Å². The third-order valence-electron chi connectivity index (χ3n) is 2.95. The second-order valence-corrected chi connectivity index (χ2v) is 5.55. The molecule has 2 aromatic heterocycles. The van der Waals surface area contributed by atoms with Gasteiger partial charge in [-0.05, 0) is 31.9 Å². The third-order valence-corrected chi connectivity index (χ3v) is 3.85. The maximum Gasteiger partial charge on any atom is 0.261 e. The van der Waals surface area contributed by atoms with Gasteiger partial charge in [-0.25, -0.2) is 4.98 Å². The van der Waals surface area contributed by atoms with E-state index in [2.05, 4.69) is 15.3 Å². The van der Waals surface area contributed by atoms with E-state index < -0.39 is 0 Å². The first-order valence-corrected chi connectivity index (χ1v) is 7.31. The van der Waals surface area contributed by atoms with Crippen LogP contribution in [0.4, 0.5) is 0 Å². The number of aromatic amines is 1. The Labute approximate surface area is 121 Å². The van der Waals surface area contributed by atoms with Crippen molar-refractivity contribution in [3.63, 3.8) is 0 Å². The first-order chi connectivity index (χ1) is 9.51. The molecule has 5 nitrogen and oxygen atoms in total. The molecule has 0 spiro atoms. The molecule has 106 valence electrons. The Kier molecular flexibility index (Phi) is 4.34. The summed E-state index contributed by atoms with van der Waals surface area (Å²) in [5.41, 5.74) is 2.26. The molecule has 6 heteroatoms. The Balaban J connectivity index is 2.11. The van der Waals surface area contributed by atoms with Gasteiger partial charge in [0, 0.05) is 11.1 Å². The smallest absolute Gasteiger partial charge is 0.261 e. The standard InChI is InChI=1S/C14H17N3O2S/c1-4-10-7-20-11(17-10)6-15-13(18)12-8(2)5-9(3)16-14(12)19/h5,7H,4,6H2,1-3H3,(H,15,18)(H,16,19). The van der Waals surface area contributed by atoms with Crippen molar-refractivity contribution >= 4 is 17.2 Å². The van der Waals surface area contributed by atoms with E-state index in [4.69, 9.17) is 0 Å². The Morgan fingerprint density at radius 1 is 1.45 bits per heavy atom. The van der Waals surface area contributed by atoms with Crippen molar-refractivity contribution in [1.82, 2.24) is 15.3 Å².